The summed E-state index contributed by atoms with van der Waals surface area (Å²) in [5.41, 5.74) is 0.888. The van der Waals surface area contributed by atoms with Crippen molar-refractivity contribution in [2.75, 3.05) is 26.2 Å². The van der Waals surface area contributed by atoms with Gasteiger partial charge in [-0.3, -0.25) is 9.69 Å². The Labute approximate surface area is 183 Å². The molecule has 6 nitrogen and oxygen atoms in total. The van der Waals surface area contributed by atoms with Crippen LogP contribution in [0.4, 0.5) is 4.39 Å². The zero-order chi connectivity index (χ0) is 21.1. The van der Waals surface area contributed by atoms with Crippen LogP contribution in [0.1, 0.15) is 21.9 Å². The first-order valence-corrected chi connectivity index (χ1v) is 11.0. The number of carbonyl (C=O) groups excluding carboxylic acids is 1. The Balaban J connectivity index is 1.29. The normalized spacial score (nSPS) is 15.0. The van der Waals surface area contributed by atoms with E-state index in [-0.39, 0.29) is 11.7 Å². The van der Waals surface area contributed by atoms with Crippen molar-refractivity contribution in [1.82, 2.24) is 19.4 Å². The Morgan fingerprint density at radius 2 is 2.03 bits per heavy atom. The number of furan rings is 1. The van der Waals surface area contributed by atoms with Gasteiger partial charge in [-0.25, -0.2) is 9.37 Å². The largest absolute Gasteiger partial charge is 0.455 e. The van der Waals surface area contributed by atoms with Crippen LogP contribution in [-0.2, 0) is 19.3 Å². The average Bonchev–Trinajstić information content (AvgIpc) is 3.37. The summed E-state index contributed by atoms with van der Waals surface area (Å²) < 4.78 is 20.9. The highest BCUT2D eigenvalue weighted by Gasteiger charge is 2.24. The van der Waals surface area contributed by atoms with Crippen molar-refractivity contribution in [2.24, 2.45) is 7.05 Å². The molecule has 158 valence electrons. The summed E-state index contributed by atoms with van der Waals surface area (Å²) in [5, 5.41) is 1.33. The number of carbonyl (C=O) groups is 1. The Morgan fingerprint density at radius 3 is 2.73 bits per heavy atom. The quantitative estimate of drug-likeness (QED) is 0.532. The lowest BCUT2D eigenvalue weighted by atomic mass is 10.2. The van der Waals surface area contributed by atoms with Gasteiger partial charge in [0, 0.05) is 57.2 Å². The van der Waals surface area contributed by atoms with E-state index in [4.69, 9.17) is 16.0 Å². The monoisotopic (exact) mass is 448 g/mol. The van der Waals surface area contributed by atoms with Gasteiger partial charge in [0.1, 0.15) is 11.6 Å². The molecule has 2 aromatic heterocycles. The fourth-order valence-corrected chi connectivity index (χ4v) is 4.41. The molecule has 4 rings (SSSR count). The fraction of sp³-hybridized carbons (Fsp3) is 0.333. The second-order valence-electron chi connectivity index (χ2n) is 7.18. The number of thioether (sulfide) groups is 1. The first-order chi connectivity index (χ1) is 14.5. The van der Waals surface area contributed by atoms with Crippen molar-refractivity contribution < 1.29 is 13.6 Å². The topological polar surface area (TPSA) is 54.5 Å². The number of hydrogen-bond acceptors (Lipinski definition) is 5. The van der Waals surface area contributed by atoms with Crippen molar-refractivity contribution in [3.63, 3.8) is 0 Å². The number of benzene rings is 1. The van der Waals surface area contributed by atoms with Gasteiger partial charge in [0.2, 0.25) is 0 Å². The third kappa shape index (κ3) is 4.88. The van der Waals surface area contributed by atoms with Crippen molar-refractivity contribution in [2.45, 2.75) is 17.5 Å². The minimum Gasteiger partial charge on any atom is -0.455 e. The van der Waals surface area contributed by atoms with E-state index in [1.54, 1.807) is 35.0 Å². The highest BCUT2D eigenvalue weighted by atomic mass is 35.5. The van der Waals surface area contributed by atoms with Crippen LogP contribution in [0.3, 0.4) is 0 Å². The van der Waals surface area contributed by atoms with Gasteiger partial charge in [-0.15, -0.1) is 0 Å². The van der Waals surface area contributed by atoms with Crippen LogP contribution in [0.25, 0.3) is 0 Å². The van der Waals surface area contributed by atoms with Crippen molar-refractivity contribution >= 4 is 29.3 Å². The Hall–Kier alpha value is -2.29. The molecule has 1 aliphatic rings. The highest BCUT2D eigenvalue weighted by molar-refractivity contribution is 7.98. The number of aromatic nitrogens is 2. The molecule has 1 amide bonds. The maximum atomic E-state index is 13.2. The number of amides is 1. The second-order valence-corrected chi connectivity index (χ2v) is 8.53. The van der Waals surface area contributed by atoms with Crippen LogP contribution in [0.2, 0.25) is 5.02 Å². The average molecular weight is 449 g/mol. The summed E-state index contributed by atoms with van der Waals surface area (Å²) in [5.74, 6) is 1.29. The smallest absolute Gasteiger partial charge is 0.289 e. The molecule has 0 saturated carbocycles. The molecular weight excluding hydrogens is 427 g/mol. The SMILES string of the molecule is Cn1ccnc1SCc1ccc(C(=O)N2CCN(Cc3ccc(F)cc3Cl)CC2)o1. The second kappa shape index (κ2) is 9.24. The third-order valence-electron chi connectivity index (χ3n) is 5.06. The Kier molecular flexibility index (Phi) is 6.46. The van der Waals surface area contributed by atoms with Crippen molar-refractivity contribution in [3.05, 3.63) is 70.6 Å². The lowest BCUT2D eigenvalue weighted by Crippen LogP contribution is -2.48. The molecule has 0 spiro atoms. The Morgan fingerprint density at radius 1 is 1.23 bits per heavy atom. The van der Waals surface area contributed by atoms with Crippen molar-refractivity contribution in [1.29, 1.82) is 0 Å². The zero-order valence-electron chi connectivity index (χ0n) is 16.6. The predicted molar refractivity (Wildman–Crippen MR) is 114 cm³/mol. The minimum atomic E-state index is -0.338. The van der Waals surface area contributed by atoms with Gasteiger partial charge in [0.15, 0.2) is 10.9 Å². The molecule has 1 aliphatic heterocycles. The van der Waals surface area contributed by atoms with E-state index in [1.807, 2.05) is 23.9 Å². The lowest BCUT2D eigenvalue weighted by Gasteiger charge is -2.34. The molecule has 0 radical (unpaired) electrons. The maximum absolute atomic E-state index is 13.2. The van der Waals surface area contributed by atoms with Gasteiger partial charge in [-0.05, 0) is 29.8 Å². The molecule has 3 heterocycles. The van der Waals surface area contributed by atoms with Gasteiger partial charge in [-0.1, -0.05) is 29.4 Å². The van der Waals surface area contributed by atoms with E-state index in [0.29, 0.717) is 36.2 Å². The molecule has 9 heteroatoms. The van der Waals surface area contributed by atoms with Crippen molar-refractivity contribution in [3.8, 4) is 0 Å². The van der Waals surface area contributed by atoms with Gasteiger partial charge >= 0.3 is 0 Å². The van der Waals surface area contributed by atoms with Crippen LogP contribution < -0.4 is 0 Å². The number of nitrogens with zero attached hydrogens (tertiary/aromatic N) is 4. The number of piperazine rings is 1. The number of rotatable bonds is 6. The van der Waals surface area contributed by atoms with Gasteiger partial charge < -0.3 is 13.9 Å². The molecule has 0 aliphatic carbocycles. The van der Waals surface area contributed by atoms with E-state index < -0.39 is 0 Å². The summed E-state index contributed by atoms with van der Waals surface area (Å²) in [6, 6.07) is 8.04. The maximum Gasteiger partial charge on any atom is 0.289 e. The molecule has 0 atom stereocenters. The fourth-order valence-electron chi connectivity index (χ4n) is 3.35. The van der Waals surface area contributed by atoms with Crippen LogP contribution >= 0.6 is 23.4 Å². The van der Waals surface area contributed by atoms with Crippen LogP contribution in [0.15, 0.2) is 52.3 Å². The van der Waals surface area contributed by atoms with E-state index >= 15 is 0 Å². The summed E-state index contributed by atoms with van der Waals surface area (Å²) in [6.45, 7) is 3.30. The first-order valence-electron chi connectivity index (χ1n) is 9.64. The molecule has 0 unspecified atom stereocenters. The molecule has 1 saturated heterocycles. The third-order valence-corrected chi connectivity index (χ3v) is 6.49. The van der Waals surface area contributed by atoms with E-state index in [9.17, 15) is 9.18 Å². The molecule has 1 aromatic carbocycles. The predicted octanol–water partition coefficient (Wildman–Crippen LogP) is 4.06. The van der Waals surface area contributed by atoms with E-state index in [0.717, 1.165) is 29.6 Å². The first kappa shape index (κ1) is 21.0. The van der Waals surface area contributed by atoms with Gasteiger partial charge in [0.25, 0.3) is 5.91 Å². The molecule has 1 fully saturated rings. The van der Waals surface area contributed by atoms with Crippen LogP contribution in [0.5, 0.6) is 0 Å². The molecular formula is C21H22ClFN4O2S. The molecule has 0 N–H and O–H groups in total. The number of halogens is 2. The number of aryl methyl sites for hydroxylation is 1. The summed E-state index contributed by atoms with van der Waals surface area (Å²) in [7, 11) is 1.94. The van der Waals surface area contributed by atoms with E-state index in [2.05, 4.69) is 9.88 Å². The molecule has 30 heavy (non-hydrogen) atoms. The van der Waals surface area contributed by atoms with Gasteiger partial charge in [-0.2, -0.15) is 0 Å². The lowest BCUT2D eigenvalue weighted by molar-refractivity contribution is 0.0596. The Bertz CT molecular complexity index is 1030. The summed E-state index contributed by atoms with van der Waals surface area (Å²) >= 11 is 7.69. The highest BCUT2D eigenvalue weighted by Crippen LogP contribution is 2.23. The molecule has 3 aromatic rings. The summed E-state index contributed by atoms with van der Waals surface area (Å²) in [6.07, 6.45) is 3.65. The summed E-state index contributed by atoms with van der Waals surface area (Å²) in [4.78, 5) is 21.1. The number of imidazole rings is 1. The minimum absolute atomic E-state index is 0.0947. The van der Waals surface area contributed by atoms with Crippen LogP contribution in [0, 0.1) is 5.82 Å². The standard InChI is InChI=1S/C21H22ClFN4O2S/c1-25-7-6-24-21(25)30-14-17-4-5-19(29-17)20(28)27-10-8-26(9-11-27)13-15-2-3-16(23)12-18(15)22/h2-7,12H,8-11,13-14H2,1H3. The zero-order valence-corrected chi connectivity index (χ0v) is 18.1. The van der Waals surface area contributed by atoms with Crippen LogP contribution in [-0.4, -0.2) is 51.4 Å². The van der Waals surface area contributed by atoms with E-state index in [1.165, 1.54) is 12.1 Å². The number of hydrogen-bond donors (Lipinski definition) is 0. The molecule has 0 bridgehead atoms. The van der Waals surface area contributed by atoms with Gasteiger partial charge in [0.05, 0.1) is 5.75 Å².